The summed E-state index contributed by atoms with van der Waals surface area (Å²) in [6.45, 7) is 5.99. The van der Waals surface area contributed by atoms with Crippen LogP contribution in [0.3, 0.4) is 0 Å². The third-order valence-electron chi connectivity index (χ3n) is 5.24. The molecule has 0 amide bonds. The van der Waals surface area contributed by atoms with Gasteiger partial charge in [0.15, 0.2) is 5.82 Å². The molecule has 154 valence electrons. The lowest BCUT2D eigenvalue weighted by Crippen LogP contribution is -1.99. The van der Waals surface area contributed by atoms with E-state index in [0.717, 1.165) is 32.3 Å². The number of imidazole rings is 1. The van der Waals surface area contributed by atoms with Gasteiger partial charge in [-0.3, -0.25) is 0 Å². The van der Waals surface area contributed by atoms with Gasteiger partial charge in [0.25, 0.3) is 0 Å². The second-order valence-electron chi connectivity index (χ2n) is 7.23. The standard InChI is InChI=1S/C23H20N6OS/c1-13-6-16(15(3)29(13)23-18(11-25)7-14(2)31-23)8-17(10-24)22-27-19-9-21(30-5)26-12-20(19)28(22)4/h6-9,12H,1-5H3. The van der Waals surface area contributed by atoms with E-state index < -0.39 is 0 Å². The van der Waals surface area contributed by atoms with E-state index in [9.17, 15) is 10.5 Å². The molecule has 0 aliphatic carbocycles. The molecule has 4 aromatic heterocycles. The molecule has 0 aliphatic rings. The molecule has 7 nitrogen and oxygen atoms in total. The zero-order valence-electron chi connectivity index (χ0n) is 17.9. The van der Waals surface area contributed by atoms with Gasteiger partial charge in [-0.25, -0.2) is 9.97 Å². The lowest BCUT2D eigenvalue weighted by Gasteiger charge is -2.07. The van der Waals surface area contributed by atoms with Crippen molar-refractivity contribution in [3.05, 3.63) is 57.6 Å². The second kappa shape index (κ2) is 7.75. The van der Waals surface area contributed by atoms with Crippen molar-refractivity contribution in [3.63, 3.8) is 0 Å². The summed E-state index contributed by atoms with van der Waals surface area (Å²) in [6.07, 6.45) is 3.53. The maximum absolute atomic E-state index is 9.90. The van der Waals surface area contributed by atoms with Crippen molar-refractivity contribution < 1.29 is 4.74 Å². The minimum Gasteiger partial charge on any atom is -0.481 e. The number of rotatable bonds is 4. The molecule has 0 aromatic carbocycles. The molecular formula is C23H20N6OS. The molecule has 4 heterocycles. The SMILES string of the molecule is COc1cc2nc(C(C#N)=Cc3cc(C)n(-c4sc(C)cc4C#N)c3C)n(C)c2cn1. The average molecular weight is 429 g/mol. The fraction of sp³-hybridized carbons (Fsp3) is 0.217. The molecular weight excluding hydrogens is 408 g/mol. The maximum Gasteiger partial charge on any atom is 0.215 e. The molecule has 0 spiro atoms. The Bertz CT molecular complexity index is 1440. The Labute approximate surface area is 184 Å². The number of nitrogens with zero attached hydrogens (tertiary/aromatic N) is 6. The third kappa shape index (κ3) is 3.37. The van der Waals surface area contributed by atoms with Crippen molar-refractivity contribution in [2.45, 2.75) is 20.8 Å². The van der Waals surface area contributed by atoms with Gasteiger partial charge in [-0.15, -0.1) is 11.3 Å². The Hall–Kier alpha value is -3.88. The van der Waals surface area contributed by atoms with Gasteiger partial charge in [-0.05, 0) is 44.5 Å². The van der Waals surface area contributed by atoms with Gasteiger partial charge in [0.2, 0.25) is 5.88 Å². The average Bonchev–Trinajstić information content (AvgIpc) is 3.38. The predicted molar refractivity (Wildman–Crippen MR) is 121 cm³/mol. The molecule has 31 heavy (non-hydrogen) atoms. The number of aromatic nitrogens is 4. The summed E-state index contributed by atoms with van der Waals surface area (Å²) in [6, 6.07) is 10.2. The van der Waals surface area contributed by atoms with Gasteiger partial charge >= 0.3 is 0 Å². The van der Waals surface area contributed by atoms with E-state index in [2.05, 4.69) is 26.7 Å². The molecule has 0 radical (unpaired) electrons. The van der Waals surface area contributed by atoms with Crippen LogP contribution in [0.1, 0.15) is 33.2 Å². The predicted octanol–water partition coefficient (Wildman–Crippen LogP) is 4.69. The minimum atomic E-state index is 0.445. The first kappa shape index (κ1) is 20.4. The number of pyridine rings is 1. The van der Waals surface area contributed by atoms with Gasteiger partial charge < -0.3 is 13.9 Å². The molecule has 0 saturated heterocycles. The fourth-order valence-electron chi connectivity index (χ4n) is 3.72. The first-order valence-corrected chi connectivity index (χ1v) is 10.4. The largest absolute Gasteiger partial charge is 0.481 e. The van der Waals surface area contributed by atoms with Gasteiger partial charge in [-0.2, -0.15) is 10.5 Å². The van der Waals surface area contributed by atoms with Crippen molar-refractivity contribution in [2.24, 2.45) is 7.05 Å². The fourth-order valence-corrected chi connectivity index (χ4v) is 4.79. The number of aryl methyl sites for hydroxylation is 3. The van der Waals surface area contributed by atoms with Crippen LogP contribution >= 0.6 is 11.3 Å². The molecule has 4 rings (SSSR count). The maximum atomic E-state index is 9.90. The van der Waals surface area contributed by atoms with Crippen molar-refractivity contribution in [2.75, 3.05) is 7.11 Å². The van der Waals surface area contributed by atoms with Crippen LogP contribution in [0, 0.1) is 43.4 Å². The Morgan fingerprint density at radius 1 is 1.19 bits per heavy atom. The number of hydrogen-bond acceptors (Lipinski definition) is 6. The van der Waals surface area contributed by atoms with Crippen LogP contribution in [-0.2, 0) is 7.05 Å². The molecule has 0 atom stereocenters. The monoisotopic (exact) mass is 428 g/mol. The first-order chi connectivity index (χ1) is 14.9. The molecule has 0 saturated carbocycles. The van der Waals surface area contributed by atoms with Gasteiger partial charge in [-0.1, -0.05) is 0 Å². The summed E-state index contributed by atoms with van der Waals surface area (Å²) in [5.41, 5.74) is 5.49. The molecule has 0 unspecified atom stereocenters. The van der Waals surface area contributed by atoms with Crippen LogP contribution in [0.5, 0.6) is 5.88 Å². The van der Waals surface area contributed by atoms with Crippen LogP contribution in [0.15, 0.2) is 24.4 Å². The van der Waals surface area contributed by atoms with Crippen molar-refractivity contribution in [3.8, 4) is 23.0 Å². The highest BCUT2D eigenvalue weighted by Gasteiger charge is 2.18. The van der Waals surface area contributed by atoms with E-state index in [1.807, 2.05) is 50.6 Å². The van der Waals surface area contributed by atoms with E-state index in [1.165, 1.54) is 0 Å². The van der Waals surface area contributed by atoms with Crippen molar-refractivity contribution in [1.82, 2.24) is 19.1 Å². The Balaban J connectivity index is 1.85. The van der Waals surface area contributed by atoms with Crippen LogP contribution in [-0.4, -0.2) is 26.2 Å². The molecule has 0 bridgehead atoms. The molecule has 0 aliphatic heterocycles. The highest BCUT2D eigenvalue weighted by molar-refractivity contribution is 7.14. The van der Waals surface area contributed by atoms with Crippen LogP contribution in [0.4, 0.5) is 0 Å². The number of ether oxygens (including phenoxy) is 1. The highest BCUT2D eigenvalue weighted by atomic mass is 32.1. The number of hydrogen-bond donors (Lipinski definition) is 0. The van der Waals surface area contributed by atoms with Crippen molar-refractivity contribution >= 4 is 34.0 Å². The molecule has 0 fully saturated rings. The Morgan fingerprint density at radius 2 is 1.97 bits per heavy atom. The zero-order chi connectivity index (χ0) is 22.3. The summed E-state index contributed by atoms with van der Waals surface area (Å²) >= 11 is 1.58. The van der Waals surface area contributed by atoms with E-state index in [0.29, 0.717) is 28.4 Å². The number of fused-ring (bicyclic) bond motifs is 1. The zero-order valence-corrected chi connectivity index (χ0v) is 18.7. The summed E-state index contributed by atoms with van der Waals surface area (Å²) in [4.78, 5) is 9.96. The molecule has 0 N–H and O–H groups in total. The summed E-state index contributed by atoms with van der Waals surface area (Å²) < 4.78 is 9.11. The molecule has 8 heteroatoms. The minimum absolute atomic E-state index is 0.445. The Morgan fingerprint density at radius 3 is 2.65 bits per heavy atom. The van der Waals surface area contributed by atoms with Gasteiger partial charge in [0.1, 0.15) is 17.1 Å². The highest BCUT2D eigenvalue weighted by Crippen LogP contribution is 2.32. The van der Waals surface area contributed by atoms with E-state index >= 15 is 0 Å². The third-order valence-corrected chi connectivity index (χ3v) is 6.28. The Kier molecular flexibility index (Phi) is 5.10. The van der Waals surface area contributed by atoms with E-state index in [1.54, 1.807) is 30.7 Å². The lowest BCUT2D eigenvalue weighted by molar-refractivity contribution is 0.398. The summed E-state index contributed by atoms with van der Waals surface area (Å²) in [7, 11) is 3.42. The second-order valence-corrected chi connectivity index (χ2v) is 8.46. The topological polar surface area (TPSA) is 92.5 Å². The summed E-state index contributed by atoms with van der Waals surface area (Å²) in [5, 5.41) is 20.3. The lowest BCUT2D eigenvalue weighted by atomic mass is 10.1. The first-order valence-electron chi connectivity index (χ1n) is 9.56. The smallest absolute Gasteiger partial charge is 0.215 e. The number of thiophene rings is 1. The summed E-state index contributed by atoms with van der Waals surface area (Å²) in [5.74, 6) is 1.03. The quantitative estimate of drug-likeness (QED) is 0.440. The van der Waals surface area contributed by atoms with Gasteiger partial charge in [0.05, 0.1) is 35.5 Å². The van der Waals surface area contributed by atoms with Crippen LogP contribution < -0.4 is 4.74 Å². The van der Waals surface area contributed by atoms with E-state index in [4.69, 9.17) is 4.74 Å². The van der Waals surface area contributed by atoms with E-state index in [-0.39, 0.29) is 0 Å². The number of allylic oxidation sites excluding steroid dienone is 1. The van der Waals surface area contributed by atoms with Gasteiger partial charge in [0, 0.05) is 29.4 Å². The molecule has 4 aromatic rings. The normalized spacial score (nSPS) is 11.5. The van der Waals surface area contributed by atoms with Crippen LogP contribution in [0.25, 0.3) is 27.7 Å². The number of nitriles is 2. The van der Waals surface area contributed by atoms with Crippen LogP contribution in [0.2, 0.25) is 0 Å². The number of methoxy groups -OCH3 is 1. The van der Waals surface area contributed by atoms with Crippen molar-refractivity contribution in [1.29, 1.82) is 10.5 Å².